The number of terminal acetylenes is 1. The molecule has 1 heterocycles. The molecule has 4 rings (SSSR count). The average molecular weight is 329 g/mol. The summed E-state index contributed by atoms with van der Waals surface area (Å²) in [4.78, 5) is 0. The van der Waals surface area contributed by atoms with E-state index in [4.69, 9.17) is 6.42 Å². The Morgan fingerprint density at radius 2 is 1.76 bits per heavy atom. The van der Waals surface area contributed by atoms with Crippen LogP contribution >= 0.6 is 0 Å². The van der Waals surface area contributed by atoms with Gasteiger partial charge in [0.15, 0.2) is 5.82 Å². The molecule has 4 nitrogen and oxygen atoms in total. The van der Waals surface area contributed by atoms with Crippen molar-refractivity contribution in [2.45, 2.75) is 31.4 Å². The Hall–Kier alpha value is -2.90. The van der Waals surface area contributed by atoms with Gasteiger partial charge in [0.25, 0.3) is 0 Å². The summed E-state index contributed by atoms with van der Waals surface area (Å²) < 4.78 is 0. The molecule has 1 saturated carbocycles. The second-order valence-corrected chi connectivity index (χ2v) is 6.91. The van der Waals surface area contributed by atoms with E-state index in [0.29, 0.717) is 0 Å². The first-order chi connectivity index (χ1) is 12.1. The molecule has 0 radical (unpaired) electrons. The van der Waals surface area contributed by atoms with Crippen LogP contribution in [0, 0.1) is 12.3 Å². The average Bonchev–Trinajstić information content (AvgIpc) is 2.60. The number of benzene rings is 2. The van der Waals surface area contributed by atoms with Crippen molar-refractivity contribution in [2.75, 3.05) is 5.32 Å². The van der Waals surface area contributed by atoms with Crippen molar-refractivity contribution >= 4 is 16.6 Å². The highest BCUT2D eigenvalue weighted by Gasteiger charge is 2.38. The minimum Gasteiger partial charge on any atom is -0.390 e. The van der Waals surface area contributed by atoms with Crippen molar-refractivity contribution in [2.24, 2.45) is 0 Å². The van der Waals surface area contributed by atoms with E-state index < -0.39 is 5.60 Å². The Labute approximate surface area is 146 Å². The Bertz CT molecular complexity index is 963. The number of fused-ring (bicyclic) bond motifs is 1. The minimum absolute atomic E-state index is 0.230. The van der Waals surface area contributed by atoms with E-state index >= 15 is 0 Å². The molecule has 2 aromatic carbocycles. The van der Waals surface area contributed by atoms with E-state index in [-0.39, 0.29) is 6.04 Å². The lowest BCUT2D eigenvalue weighted by Gasteiger charge is -2.41. The molecule has 1 aliphatic carbocycles. The molecule has 0 aliphatic heterocycles. The molecule has 0 unspecified atom stereocenters. The van der Waals surface area contributed by atoms with Crippen LogP contribution in [-0.4, -0.2) is 26.9 Å². The fourth-order valence-corrected chi connectivity index (χ4v) is 3.45. The van der Waals surface area contributed by atoms with Gasteiger partial charge in [0.05, 0.1) is 5.60 Å². The van der Waals surface area contributed by atoms with Crippen LogP contribution in [0.1, 0.15) is 25.3 Å². The maximum Gasteiger partial charge on any atom is 0.156 e. The number of aromatic nitrogens is 2. The van der Waals surface area contributed by atoms with E-state index in [2.05, 4.69) is 27.5 Å². The molecular weight excluding hydrogens is 310 g/mol. The first-order valence-electron chi connectivity index (χ1n) is 8.37. The van der Waals surface area contributed by atoms with Crippen molar-refractivity contribution in [1.82, 2.24) is 10.2 Å². The highest BCUT2D eigenvalue weighted by atomic mass is 16.3. The maximum atomic E-state index is 9.92. The van der Waals surface area contributed by atoms with Crippen LogP contribution in [0.15, 0.2) is 48.5 Å². The summed E-state index contributed by atoms with van der Waals surface area (Å²) in [6.07, 6.45) is 6.87. The minimum atomic E-state index is -0.570. The molecular formula is C21H19N3O. The van der Waals surface area contributed by atoms with Crippen LogP contribution in [0.25, 0.3) is 22.0 Å². The summed E-state index contributed by atoms with van der Waals surface area (Å²) in [5, 5.41) is 24.3. The van der Waals surface area contributed by atoms with Gasteiger partial charge >= 0.3 is 0 Å². The lowest BCUT2D eigenvalue weighted by molar-refractivity contribution is -0.0235. The topological polar surface area (TPSA) is 58.0 Å². The predicted molar refractivity (Wildman–Crippen MR) is 100 cm³/mol. The molecule has 25 heavy (non-hydrogen) atoms. The van der Waals surface area contributed by atoms with Gasteiger partial charge in [-0.15, -0.1) is 16.6 Å². The zero-order valence-corrected chi connectivity index (χ0v) is 14.0. The molecule has 0 bridgehead atoms. The molecule has 1 fully saturated rings. The van der Waals surface area contributed by atoms with Gasteiger partial charge in [-0.25, -0.2) is 0 Å². The molecule has 0 atom stereocenters. The fourth-order valence-electron chi connectivity index (χ4n) is 3.45. The molecule has 1 aliphatic rings. The van der Waals surface area contributed by atoms with Crippen LogP contribution in [0.2, 0.25) is 0 Å². The molecule has 124 valence electrons. The van der Waals surface area contributed by atoms with E-state index in [1.807, 2.05) is 49.4 Å². The summed E-state index contributed by atoms with van der Waals surface area (Å²) in [6, 6.07) is 16.1. The van der Waals surface area contributed by atoms with Crippen LogP contribution in [0.4, 0.5) is 5.82 Å². The van der Waals surface area contributed by atoms with Gasteiger partial charge in [-0.2, -0.15) is 0 Å². The summed E-state index contributed by atoms with van der Waals surface area (Å²) >= 11 is 0. The lowest BCUT2D eigenvalue weighted by atomic mass is 9.77. The number of rotatable bonds is 3. The molecule has 1 aromatic heterocycles. The summed E-state index contributed by atoms with van der Waals surface area (Å²) in [5.41, 5.74) is 2.10. The van der Waals surface area contributed by atoms with Crippen LogP contribution in [0.5, 0.6) is 0 Å². The standard InChI is InChI=1S/C21H19N3O/c1-3-14-8-10-15(11-9-14)19-17-6-4-5-7-18(17)20(24-23-19)22-16-12-21(2,25)13-16/h1,4-11,16,25H,12-13H2,2H3,(H,22,24). The zero-order valence-electron chi connectivity index (χ0n) is 14.0. The van der Waals surface area contributed by atoms with Gasteiger partial charge in [-0.3, -0.25) is 0 Å². The normalized spacial score (nSPS) is 22.2. The second-order valence-electron chi connectivity index (χ2n) is 6.91. The molecule has 0 saturated heterocycles. The molecule has 0 amide bonds. The molecule has 2 N–H and O–H groups in total. The quantitative estimate of drug-likeness (QED) is 0.721. The Balaban J connectivity index is 1.73. The lowest BCUT2D eigenvalue weighted by Crippen LogP contribution is -2.48. The van der Waals surface area contributed by atoms with E-state index in [0.717, 1.165) is 46.3 Å². The number of anilines is 1. The van der Waals surface area contributed by atoms with Crippen molar-refractivity contribution in [3.05, 3.63) is 54.1 Å². The van der Waals surface area contributed by atoms with Crippen molar-refractivity contribution in [3.8, 4) is 23.6 Å². The number of aliphatic hydroxyl groups is 1. The smallest absolute Gasteiger partial charge is 0.156 e. The first-order valence-corrected chi connectivity index (χ1v) is 8.37. The van der Waals surface area contributed by atoms with Crippen molar-refractivity contribution in [3.63, 3.8) is 0 Å². The third kappa shape index (κ3) is 2.95. The second kappa shape index (κ2) is 5.87. The molecule has 3 aromatic rings. The first kappa shape index (κ1) is 15.6. The summed E-state index contributed by atoms with van der Waals surface area (Å²) in [5.74, 6) is 3.39. The van der Waals surface area contributed by atoms with Crippen molar-refractivity contribution in [1.29, 1.82) is 0 Å². The SMILES string of the molecule is C#Cc1ccc(-c2nnc(NC3CC(C)(O)C3)c3ccccc23)cc1. The van der Waals surface area contributed by atoms with Gasteiger partial charge < -0.3 is 10.4 Å². The van der Waals surface area contributed by atoms with Crippen LogP contribution in [-0.2, 0) is 0 Å². The van der Waals surface area contributed by atoms with E-state index in [1.165, 1.54) is 0 Å². The monoisotopic (exact) mass is 329 g/mol. The number of hydrogen-bond donors (Lipinski definition) is 2. The Morgan fingerprint density at radius 1 is 1.08 bits per heavy atom. The largest absolute Gasteiger partial charge is 0.390 e. The molecule has 0 spiro atoms. The number of nitrogens with one attached hydrogen (secondary N) is 1. The Morgan fingerprint density at radius 3 is 2.40 bits per heavy atom. The van der Waals surface area contributed by atoms with Crippen molar-refractivity contribution < 1.29 is 5.11 Å². The van der Waals surface area contributed by atoms with Crippen LogP contribution in [0.3, 0.4) is 0 Å². The maximum absolute atomic E-state index is 9.92. The predicted octanol–water partition coefficient (Wildman–Crippen LogP) is 3.60. The Kier molecular flexibility index (Phi) is 3.67. The van der Waals surface area contributed by atoms with E-state index in [1.54, 1.807) is 0 Å². The highest BCUT2D eigenvalue weighted by molar-refractivity contribution is 6.00. The third-order valence-electron chi connectivity index (χ3n) is 4.73. The molecule has 4 heteroatoms. The van der Waals surface area contributed by atoms with Gasteiger partial charge in [0, 0.05) is 27.9 Å². The van der Waals surface area contributed by atoms with Gasteiger partial charge in [-0.05, 0) is 31.9 Å². The highest BCUT2D eigenvalue weighted by Crippen LogP contribution is 2.36. The third-order valence-corrected chi connectivity index (χ3v) is 4.73. The number of hydrogen-bond acceptors (Lipinski definition) is 4. The van der Waals surface area contributed by atoms with Gasteiger partial charge in [0.1, 0.15) is 5.69 Å². The summed E-state index contributed by atoms with van der Waals surface area (Å²) in [6.45, 7) is 1.86. The zero-order chi connectivity index (χ0) is 17.4. The summed E-state index contributed by atoms with van der Waals surface area (Å²) in [7, 11) is 0. The number of nitrogens with zero attached hydrogens (tertiary/aromatic N) is 2. The van der Waals surface area contributed by atoms with Crippen LogP contribution < -0.4 is 5.32 Å². The van der Waals surface area contributed by atoms with E-state index in [9.17, 15) is 5.11 Å². The fraction of sp³-hybridized carbons (Fsp3) is 0.238. The van der Waals surface area contributed by atoms with Gasteiger partial charge in [-0.1, -0.05) is 42.3 Å². The van der Waals surface area contributed by atoms with Gasteiger partial charge in [0.2, 0.25) is 0 Å².